The Labute approximate surface area is 131 Å². The Morgan fingerprint density at radius 3 is 1.00 bits per heavy atom. The van der Waals surface area contributed by atoms with Crippen molar-refractivity contribution in [1.82, 2.24) is 0 Å². The number of ether oxygens (including phenoxy) is 2. The first kappa shape index (κ1) is 29.3. The summed E-state index contributed by atoms with van der Waals surface area (Å²) in [5.74, 6) is -0.491. The molecule has 0 heterocycles. The van der Waals surface area contributed by atoms with Crippen LogP contribution in [0.15, 0.2) is 0 Å². The number of methoxy groups -OCH3 is 2. The molecule has 0 saturated heterocycles. The summed E-state index contributed by atoms with van der Waals surface area (Å²) in [4.78, 5) is 27.2. The second kappa shape index (κ2) is 29.2. The third-order valence-corrected chi connectivity index (χ3v) is 0.575. The molecule has 0 aromatic carbocycles. The van der Waals surface area contributed by atoms with E-state index in [0.717, 1.165) is 0 Å². The first-order chi connectivity index (χ1) is 5.54. The first-order valence-electron chi connectivity index (χ1n) is 2.92. The van der Waals surface area contributed by atoms with E-state index in [0.29, 0.717) is 0 Å². The Morgan fingerprint density at radius 1 is 0.929 bits per heavy atom. The number of carbonyl (C=O) groups excluding carboxylic acids is 3. The second-order valence-electron chi connectivity index (χ2n) is 1.39. The van der Waals surface area contributed by atoms with Crippen LogP contribution in [-0.2, 0) is 23.9 Å². The summed E-state index contributed by atoms with van der Waals surface area (Å²) in [6, 6.07) is 0. The van der Waals surface area contributed by atoms with Crippen LogP contribution in [0.2, 0.25) is 0 Å². The van der Waals surface area contributed by atoms with Crippen molar-refractivity contribution in [2.24, 2.45) is 0 Å². The second-order valence-corrected chi connectivity index (χ2v) is 1.39. The Balaban J connectivity index is -0.0000000144. The molecule has 0 bridgehead atoms. The Morgan fingerprint density at radius 2 is 1.00 bits per heavy atom. The van der Waals surface area contributed by atoms with E-state index in [1.165, 1.54) is 28.1 Å². The van der Waals surface area contributed by atoms with Gasteiger partial charge in [0.15, 0.2) is 0 Å². The van der Waals surface area contributed by atoms with E-state index in [9.17, 15) is 9.59 Å². The maximum Gasteiger partial charge on any atom is 1.00 e. The van der Waals surface area contributed by atoms with Crippen molar-refractivity contribution in [3.63, 3.8) is 0 Å². The monoisotopic (exact) mass is 226 g/mol. The van der Waals surface area contributed by atoms with E-state index in [1.54, 1.807) is 0 Å². The van der Waals surface area contributed by atoms with Crippen LogP contribution in [0.5, 0.6) is 0 Å². The number of hydrogen-bond acceptors (Lipinski definition) is 5. The maximum atomic E-state index is 9.59. The Hall–Kier alpha value is 0.610. The summed E-state index contributed by atoms with van der Waals surface area (Å²) in [7, 11) is 2.70. The molecule has 0 unspecified atom stereocenters. The Kier molecular flexibility index (Phi) is 61.1. The van der Waals surface area contributed by atoms with E-state index < -0.39 is 0 Å². The largest absolute Gasteiger partial charge is 1.00 e. The number of esters is 2. The third kappa shape index (κ3) is 80.0. The van der Waals surface area contributed by atoms with Crippen LogP contribution in [0.3, 0.4) is 0 Å². The van der Waals surface area contributed by atoms with Gasteiger partial charge in [-0.25, -0.2) is 0 Å². The molecule has 7 heteroatoms. The van der Waals surface area contributed by atoms with Crippen molar-refractivity contribution < 1.29 is 85.8 Å². The number of carbonyl (C=O) groups is 3. The minimum atomic E-state index is -0.245. The van der Waals surface area contributed by atoms with Gasteiger partial charge in [0.25, 0.3) is 0 Å². The maximum absolute atomic E-state index is 9.59. The fourth-order valence-corrected chi connectivity index (χ4v) is 0. The van der Waals surface area contributed by atoms with Gasteiger partial charge in [0.1, 0.15) is 6.79 Å². The molecule has 0 rings (SSSR count). The molecule has 0 radical (unpaired) electrons. The molecule has 0 amide bonds. The van der Waals surface area contributed by atoms with Gasteiger partial charge >= 0.3 is 71.1 Å². The SMILES string of the molecule is C=O.COC(C)=O.COC(C)=O.[H-].[H-].[Na+].[Na+]. The molecular weight excluding hydrogens is 210 g/mol. The number of hydrogen-bond donors (Lipinski definition) is 0. The zero-order valence-corrected chi connectivity index (χ0v) is 13.7. The van der Waals surface area contributed by atoms with Crippen molar-refractivity contribution in [2.45, 2.75) is 13.8 Å². The van der Waals surface area contributed by atoms with E-state index in [4.69, 9.17) is 4.79 Å². The predicted molar refractivity (Wildman–Crippen MR) is 44.7 cm³/mol. The molecule has 0 atom stereocenters. The molecule has 0 aliphatic rings. The van der Waals surface area contributed by atoms with E-state index in [-0.39, 0.29) is 73.9 Å². The summed E-state index contributed by atoms with van der Waals surface area (Å²) in [6.45, 7) is 4.72. The molecule has 0 aliphatic carbocycles. The average Bonchev–Trinajstić information content (AvgIpc) is 2.09. The van der Waals surface area contributed by atoms with Gasteiger partial charge in [-0.1, -0.05) is 0 Å². The summed E-state index contributed by atoms with van der Waals surface area (Å²) >= 11 is 0. The fraction of sp³-hybridized carbons (Fsp3) is 0.571. The summed E-state index contributed by atoms with van der Waals surface area (Å²) in [5, 5.41) is 0. The Bertz CT molecular complexity index is 124. The normalized spacial score (nSPS) is 5.14. The van der Waals surface area contributed by atoms with Crippen LogP contribution < -0.4 is 59.1 Å². The summed E-state index contributed by atoms with van der Waals surface area (Å²) in [5.41, 5.74) is 0. The molecule has 76 valence electrons. The topological polar surface area (TPSA) is 69.7 Å². The predicted octanol–water partition coefficient (Wildman–Crippen LogP) is -5.59. The van der Waals surface area contributed by atoms with Gasteiger partial charge in [-0.3, -0.25) is 9.59 Å². The van der Waals surface area contributed by atoms with Crippen LogP contribution >= 0.6 is 0 Å². The summed E-state index contributed by atoms with van der Waals surface area (Å²) in [6.07, 6.45) is 0. The molecular formula is C7H16Na2O5. The number of rotatable bonds is 0. The van der Waals surface area contributed by atoms with E-state index in [1.807, 2.05) is 6.79 Å². The zero-order valence-electron chi connectivity index (χ0n) is 11.7. The van der Waals surface area contributed by atoms with Crippen LogP contribution in [0.25, 0.3) is 0 Å². The van der Waals surface area contributed by atoms with E-state index >= 15 is 0 Å². The van der Waals surface area contributed by atoms with Gasteiger partial charge in [-0.2, -0.15) is 0 Å². The van der Waals surface area contributed by atoms with Gasteiger partial charge in [-0.05, 0) is 0 Å². The van der Waals surface area contributed by atoms with Crippen molar-refractivity contribution in [2.75, 3.05) is 14.2 Å². The van der Waals surface area contributed by atoms with Gasteiger partial charge in [0.05, 0.1) is 14.2 Å². The molecule has 0 saturated carbocycles. The standard InChI is InChI=1S/2C3H6O2.CH2O.2Na.2H/c2*1-3(4)5-2;1-2;;;;/h2*1-2H3;1H2;;;;/q;;;2*+1;2*-1. The zero-order chi connectivity index (χ0) is 10.6. The van der Waals surface area contributed by atoms with Gasteiger partial charge in [-0.15, -0.1) is 0 Å². The summed E-state index contributed by atoms with van der Waals surface area (Å²) < 4.78 is 8.22. The van der Waals surface area contributed by atoms with Gasteiger partial charge < -0.3 is 17.1 Å². The van der Waals surface area contributed by atoms with Crippen LogP contribution in [0.4, 0.5) is 0 Å². The first-order valence-corrected chi connectivity index (χ1v) is 2.92. The van der Waals surface area contributed by atoms with Crippen LogP contribution in [0.1, 0.15) is 16.7 Å². The molecule has 0 fully saturated rings. The van der Waals surface area contributed by atoms with Crippen molar-refractivity contribution in [3.05, 3.63) is 0 Å². The fourth-order valence-electron chi connectivity index (χ4n) is 0. The molecule has 14 heavy (non-hydrogen) atoms. The molecule has 0 aromatic heterocycles. The smallest absolute Gasteiger partial charge is 1.00 e. The van der Waals surface area contributed by atoms with E-state index in [2.05, 4.69) is 9.47 Å². The van der Waals surface area contributed by atoms with Crippen LogP contribution in [0, 0.1) is 0 Å². The molecule has 0 N–H and O–H groups in total. The van der Waals surface area contributed by atoms with Crippen molar-refractivity contribution >= 4 is 18.7 Å². The van der Waals surface area contributed by atoms with Gasteiger partial charge in [0, 0.05) is 13.8 Å². The molecule has 0 aromatic rings. The average molecular weight is 226 g/mol. The van der Waals surface area contributed by atoms with Crippen molar-refractivity contribution in [3.8, 4) is 0 Å². The third-order valence-electron chi connectivity index (χ3n) is 0.575. The molecule has 5 nitrogen and oxygen atoms in total. The minimum Gasteiger partial charge on any atom is -1.00 e. The van der Waals surface area contributed by atoms with Gasteiger partial charge in [0.2, 0.25) is 0 Å². The quantitative estimate of drug-likeness (QED) is 0.304. The minimum absolute atomic E-state index is 0. The van der Waals surface area contributed by atoms with Crippen molar-refractivity contribution in [1.29, 1.82) is 0 Å². The van der Waals surface area contributed by atoms with Crippen LogP contribution in [-0.4, -0.2) is 32.9 Å². The molecule has 0 spiro atoms. The molecule has 0 aliphatic heterocycles.